The molecule has 1 atom stereocenters. The molecule has 0 bridgehead atoms. The van der Waals surface area contributed by atoms with E-state index in [9.17, 15) is 4.79 Å². The van der Waals surface area contributed by atoms with E-state index < -0.39 is 17.4 Å². The number of hydrogen-bond donors (Lipinski definition) is 1. The molecular weight excluding hydrogens is 282 g/mol. The average molecular weight is 302 g/mol. The third-order valence-corrected chi connectivity index (χ3v) is 3.73. The van der Waals surface area contributed by atoms with Gasteiger partial charge in [-0.15, -0.1) is 0 Å². The first-order valence-electron chi connectivity index (χ1n) is 6.05. The van der Waals surface area contributed by atoms with Crippen molar-refractivity contribution in [2.24, 2.45) is 11.1 Å². The van der Waals surface area contributed by atoms with E-state index >= 15 is 0 Å². The fourth-order valence-corrected chi connectivity index (χ4v) is 2.27. The van der Waals surface area contributed by atoms with Crippen LogP contribution in [0.5, 0.6) is 11.5 Å². The van der Waals surface area contributed by atoms with Crippen molar-refractivity contribution in [2.45, 2.75) is 19.9 Å². The molecule has 6 heteroatoms. The lowest BCUT2D eigenvalue weighted by molar-refractivity contribution is -0.152. The molecule has 5 nitrogen and oxygen atoms in total. The van der Waals surface area contributed by atoms with Gasteiger partial charge in [-0.2, -0.15) is 0 Å². The van der Waals surface area contributed by atoms with Gasteiger partial charge in [0.15, 0.2) is 11.5 Å². The molecule has 0 fully saturated rings. The summed E-state index contributed by atoms with van der Waals surface area (Å²) in [7, 11) is 4.34. The van der Waals surface area contributed by atoms with Crippen molar-refractivity contribution in [3.8, 4) is 11.5 Å². The number of rotatable bonds is 5. The van der Waals surface area contributed by atoms with Crippen molar-refractivity contribution >= 4 is 17.6 Å². The molecule has 1 aromatic rings. The second-order valence-electron chi connectivity index (χ2n) is 4.90. The fourth-order valence-electron chi connectivity index (χ4n) is 1.92. The molecule has 0 aliphatic heterocycles. The summed E-state index contributed by atoms with van der Waals surface area (Å²) in [5, 5.41) is 0.330. The van der Waals surface area contributed by atoms with Crippen LogP contribution in [-0.2, 0) is 9.53 Å². The van der Waals surface area contributed by atoms with Gasteiger partial charge in [0.1, 0.15) is 0 Å². The molecule has 0 aromatic heterocycles. The minimum atomic E-state index is -0.919. The van der Waals surface area contributed by atoms with Gasteiger partial charge in [0.25, 0.3) is 0 Å². The summed E-state index contributed by atoms with van der Waals surface area (Å²) in [6.07, 6.45) is 0. The molecule has 2 N–H and O–H groups in total. The van der Waals surface area contributed by atoms with Crippen molar-refractivity contribution in [1.29, 1.82) is 0 Å². The predicted octanol–water partition coefficient (Wildman–Crippen LogP) is 2.56. The Morgan fingerprint density at radius 2 is 1.85 bits per heavy atom. The van der Waals surface area contributed by atoms with Gasteiger partial charge < -0.3 is 19.9 Å². The second-order valence-corrected chi connectivity index (χ2v) is 5.27. The molecule has 0 spiro atoms. The maximum Gasteiger partial charge on any atom is 0.313 e. The standard InChI is InChI=1S/C14H20ClNO4/c1-14(2,13(17)20-5)12(16)8-6-7-9(18-3)11(19-4)10(8)15/h6-7,12H,16H2,1-5H3/t12-/m1/s1. The van der Waals surface area contributed by atoms with Crippen LogP contribution in [0.2, 0.25) is 5.02 Å². The first-order chi connectivity index (χ1) is 9.31. The SMILES string of the molecule is COC(=O)C(C)(C)[C@H](N)c1ccc(OC)c(OC)c1Cl. The van der Waals surface area contributed by atoms with Crippen molar-refractivity contribution in [3.63, 3.8) is 0 Å². The Morgan fingerprint density at radius 3 is 2.30 bits per heavy atom. The number of nitrogens with two attached hydrogens (primary N) is 1. The van der Waals surface area contributed by atoms with E-state index in [4.69, 9.17) is 31.5 Å². The number of halogens is 1. The Bertz CT molecular complexity index is 502. The van der Waals surface area contributed by atoms with Crippen molar-refractivity contribution < 1.29 is 19.0 Å². The fraction of sp³-hybridized carbons (Fsp3) is 0.500. The van der Waals surface area contributed by atoms with Crippen LogP contribution in [0.15, 0.2) is 12.1 Å². The van der Waals surface area contributed by atoms with E-state index in [2.05, 4.69) is 0 Å². The highest BCUT2D eigenvalue weighted by atomic mass is 35.5. The molecule has 0 saturated carbocycles. The summed E-state index contributed by atoms with van der Waals surface area (Å²) < 4.78 is 15.2. The average Bonchev–Trinajstić information content (AvgIpc) is 2.44. The minimum absolute atomic E-state index is 0.330. The second kappa shape index (κ2) is 6.33. The van der Waals surface area contributed by atoms with Crippen LogP contribution in [0.4, 0.5) is 0 Å². The van der Waals surface area contributed by atoms with Crippen molar-refractivity contribution in [1.82, 2.24) is 0 Å². The molecule has 0 saturated heterocycles. The Hall–Kier alpha value is -1.46. The summed E-state index contributed by atoms with van der Waals surface area (Å²) in [6.45, 7) is 3.41. The number of esters is 1. The monoisotopic (exact) mass is 301 g/mol. The molecule has 1 rings (SSSR count). The largest absolute Gasteiger partial charge is 0.493 e. The Balaban J connectivity index is 3.30. The van der Waals surface area contributed by atoms with E-state index in [1.807, 2.05) is 0 Å². The van der Waals surface area contributed by atoms with Crippen LogP contribution < -0.4 is 15.2 Å². The van der Waals surface area contributed by atoms with E-state index in [1.54, 1.807) is 26.0 Å². The molecular formula is C14H20ClNO4. The minimum Gasteiger partial charge on any atom is -0.493 e. The highest BCUT2D eigenvalue weighted by Gasteiger charge is 2.38. The lowest BCUT2D eigenvalue weighted by Crippen LogP contribution is -2.37. The van der Waals surface area contributed by atoms with E-state index in [1.165, 1.54) is 21.3 Å². The van der Waals surface area contributed by atoms with Crippen LogP contribution in [0.25, 0.3) is 0 Å². The van der Waals surface area contributed by atoms with Crippen molar-refractivity contribution in [2.75, 3.05) is 21.3 Å². The molecule has 0 aliphatic rings. The highest BCUT2D eigenvalue weighted by molar-refractivity contribution is 6.33. The van der Waals surface area contributed by atoms with Crippen molar-refractivity contribution in [3.05, 3.63) is 22.7 Å². The quantitative estimate of drug-likeness (QED) is 0.846. The Kier molecular flexibility index (Phi) is 5.25. The summed E-state index contributed by atoms with van der Waals surface area (Å²) in [4.78, 5) is 11.8. The predicted molar refractivity (Wildman–Crippen MR) is 77.3 cm³/mol. The van der Waals surface area contributed by atoms with Crippen LogP contribution in [-0.4, -0.2) is 27.3 Å². The van der Waals surface area contributed by atoms with Crippen LogP contribution in [0.1, 0.15) is 25.5 Å². The first kappa shape index (κ1) is 16.6. The molecule has 0 aliphatic carbocycles. The zero-order valence-electron chi connectivity index (χ0n) is 12.3. The molecule has 20 heavy (non-hydrogen) atoms. The van der Waals surface area contributed by atoms with Crippen LogP contribution in [0, 0.1) is 5.41 Å². The summed E-state index contributed by atoms with van der Waals surface area (Å²) in [5.41, 5.74) is 5.86. The summed E-state index contributed by atoms with van der Waals surface area (Å²) in [5.74, 6) is 0.489. The Labute approximate surface area is 123 Å². The van der Waals surface area contributed by atoms with Gasteiger partial charge in [-0.25, -0.2) is 0 Å². The van der Waals surface area contributed by atoms with Gasteiger partial charge in [-0.3, -0.25) is 4.79 Å². The Morgan fingerprint density at radius 1 is 1.25 bits per heavy atom. The van der Waals surface area contributed by atoms with Crippen LogP contribution in [0.3, 0.4) is 0 Å². The zero-order chi connectivity index (χ0) is 15.5. The van der Waals surface area contributed by atoms with E-state index in [-0.39, 0.29) is 0 Å². The first-order valence-corrected chi connectivity index (χ1v) is 6.43. The number of carbonyl (C=O) groups is 1. The summed E-state index contributed by atoms with van der Waals surface area (Å²) in [6, 6.07) is 2.79. The van der Waals surface area contributed by atoms with Gasteiger partial charge in [-0.1, -0.05) is 17.7 Å². The van der Waals surface area contributed by atoms with Crippen LogP contribution >= 0.6 is 11.6 Å². The van der Waals surface area contributed by atoms with Gasteiger partial charge >= 0.3 is 5.97 Å². The molecule has 0 heterocycles. The maximum atomic E-state index is 11.8. The van der Waals surface area contributed by atoms with Gasteiger partial charge in [0, 0.05) is 6.04 Å². The van der Waals surface area contributed by atoms with Gasteiger partial charge in [0.2, 0.25) is 0 Å². The number of benzene rings is 1. The van der Waals surface area contributed by atoms with Gasteiger partial charge in [-0.05, 0) is 25.5 Å². The van der Waals surface area contributed by atoms with E-state index in [0.717, 1.165) is 0 Å². The van der Waals surface area contributed by atoms with E-state index in [0.29, 0.717) is 22.1 Å². The number of methoxy groups -OCH3 is 3. The third-order valence-electron chi connectivity index (χ3n) is 3.34. The lowest BCUT2D eigenvalue weighted by atomic mass is 9.81. The third kappa shape index (κ3) is 2.83. The van der Waals surface area contributed by atoms with Gasteiger partial charge in [0.05, 0.1) is 31.8 Å². The number of carbonyl (C=O) groups excluding carboxylic acids is 1. The molecule has 0 amide bonds. The molecule has 0 radical (unpaired) electrons. The maximum absolute atomic E-state index is 11.8. The topological polar surface area (TPSA) is 70.8 Å². The zero-order valence-corrected chi connectivity index (χ0v) is 13.1. The lowest BCUT2D eigenvalue weighted by Gasteiger charge is -2.30. The smallest absolute Gasteiger partial charge is 0.313 e. The molecule has 0 unspecified atom stereocenters. The number of hydrogen-bond acceptors (Lipinski definition) is 5. The highest BCUT2D eigenvalue weighted by Crippen LogP contribution is 2.43. The molecule has 1 aromatic carbocycles. The summed E-state index contributed by atoms with van der Waals surface area (Å²) >= 11 is 6.30. The molecule has 112 valence electrons. The number of ether oxygens (including phenoxy) is 3. The normalized spacial score (nSPS) is 12.8.